The van der Waals surface area contributed by atoms with Gasteiger partial charge in [-0.15, -0.1) is 11.3 Å². The van der Waals surface area contributed by atoms with Crippen LogP contribution in [0.2, 0.25) is 0 Å². The number of ether oxygens (including phenoxy) is 1. The van der Waals surface area contributed by atoms with Gasteiger partial charge in [-0.3, -0.25) is 9.52 Å². The molecular formula is C24H34N4O6S2. The first-order valence-corrected chi connectivity index (χ1v) is 14.1. The van der Waals surface area contributed by atoms with Crippen molar-refractivity contribution in [3.63, 3.8) is 0 Å². The van der Waals surface area contributed by atoms with E-state index in [1.807, 2.05) is 20.8 Å². The van der Waals surface area contributed by atoms with Gasteiger partial charge in [-0.2, -0.15) is 0 Å². The van der Waals surface area contributed by atoms with E-state index in [4.69, 9.17) is 4.74 Å². The highest BCUT2D eigenvalue weighted by Gasteiger charge is 2.34. The average Bonchev–Trinajstić information content (AvgIpc) is 3.36. The van der Waals surface area contributed by atoms with Crippen molar-refractivity contribution in [2.24, 2.45) is 5.92 Å². The third-order valence-electron chi connectivity index (χ3n) is 5.89. The predicted octanol–water partition coefficient (Wildman–Crippen LogP) is 2.82. The minimum Gasteiger partial charge on any atom is -0.487 e. The molecule has 2 heterocycles. The molecule has 0 aliphatic carbocycles. The number of nitrogens with zero attached hydrogens (tertiary/aromatic N) is 2. The molecule has 0 unspecified atom stereocenters. The summed E-state index contributed by atoms with van der Waals surface area (Å²) in [5.74, 6) is -0.259. The van der Waals surface area contributed by atoms with Crippen molar-refractivity contribution in [1.82, 2.24) is 15.1 Å². The topological polar surface area (TPSA) is 128 Å². The van der Waals surface area contributed by atoms with Gasteiger partial charge in [-0.1, -0.05) is 13.0 Å². The number of rotatable bonds is 8. The van der Waals surface area contributed by atoms with Crippen molar-refractivity contribution in [2.45, 2.75) is 50.1 Å². The number of likely N-dealkylation sites (N-methyl/N-ethyl adjacent to an activating group) is 1. The lowest BCUT2D eigenvalue weighted by atomic mass is 9.99. The highest BCUT2D eigenvalue weighted by Crippen LogP contribution is 2.31. The summed E-state index contributed by atoms with van der Waals surface area (Å²) < 4.78 is 34.3. The second-order valence-corrected chi connectivity index (χ2v) is 12.2. The SMILES string of the molecule is CC(C)NC(=O)N(C)C[C@H]1Oc2ccc(NS(=O)(=O)c3cccs3)cc2C(=O)N([C@H](C)CO)C[C@H]1C. The maximum absolute atomic E-state index is 13.5. The number of hydrogen-bond acceptors (Lipinski definition) is 7. The molecule has 0 saturated carbocycles. The summed E-state index contributed by atoms with van der Waals surface area (Å²) in [5, 5.41) is 14.3. The Hall–Kier alpha value is -2.83. The molecule has 0 radical (unpaired) electrons. The van der Waals surface area contributed by atoms with Crippen LogP contribution in [0.5, 0.6) is 5.75 Å². The highest BCUT2D eigenvalue weighted by molar-refractivity contribution is 7.94. The molecule has 0 fully saturated rings. The van der Waals surface area contributed by atoms with Crippen molar-refractivity contribution >= 4 is 39.0 Å². The zero-order valence-electron chi connectivity index (χ0n) is 21.1. The zero-order chi connectivity index (χ0) is 26.6. The van der Waals surface area contributed by atoms with Crippen LogP contribution in [0, 0.1) is 5.92 Å². The fourth-order valence-electron chi connectivity index (χ4n) is 3.84. The van der Waals surface area contributed by atoms with E-state index in [1.54, 1.807) is 36.4 Å². The van der Waals surface area contributed by atoms with Gasteiger partial charge >= 0.3 is 6.03 Å². The van der Waals surface area contributed by atoms with E-state index in [1.165, 1.54) is 23.1 Å². The van der Waals surface area contributed by atoms with Gasteiger partial charge in [0.05, 0.1) is 24.8 Å². The van der Waals surface area contributed by atoms with Gasteiger partial charge in [0.25, 0.3) is 15.9 Å². The number of aliphatic hydroxyl groups is 1. The minimum atomic E-state index is -3.81. The Labute approximate surface area is 216 Å². The summed E-state index contributed by atoms with van der Waals surface area (Å²) in [6, 6.07) is 6.95. The lowest BCUT2D eigenvalue weighted by Gasteiger charge is -2.38. The summed E-state index contributed by atoms with van der Waals surface area (Å²) in [4.78, 5) is 29.1. The molecule has 1 aromatic heterocycles. The molecular weight excluding hydrogens is 504 g/mol. The Balaban J connectivity index is 1.95. The van der Waals surface area contributed by atoms with Crippen LogP contribution in [0.25, 0.3) is 0 Å². The maximum Gasteiger partial charge on any atom is 0.317 e. The summed E-state index contributed by atoms with van der Waals surface area (Å²) in [7, 11) is -2.13. The predicted molar refractivity (Wildman–Crippen MR) is 139 cm³/mol. The van der Waals surface area contributed by atoms with E-state index in [0.29, 0.717) is 0 Å². The van der Waals surface area contributed by atoms with Crippen LogP contribution >= 0.6 is 11.3 Å². The van der Waals surface area contributed by atoms with Gasteiger partial charge in [-0.05, 0) is 50.4 Å². The van der Waals surface area contributed by atoms with Gasteiger partial charge in [0, 0.05) is 31.2 Å². The molecule has 2 aromatic rings. The minimum absolute atomic E-state index is 0.0220. The molecule has 0 bridgehead atoms. The number of sulfonamides is 1. The Morgan fingerprint density at radius 3 is 2.64 bits per heavy atom. The first-order chi connectivity index (χ1) is 16.9. The van der Waals surface area contributed by atoms with Crippen molar-refractivity contribution < 1.29 is 27.9 Å². The largest absolute Gasteiger partial charge is 0.487 e. The summed E-state index contributed by atoms with van der Waals surface area (Å²) in [6.45, 7) is 7.74. The molecule has 3 atom stereocenters. The average molecular weight is 539 g/mol. The molecule has 1 aliphatic heterocycles. The molecule has 3 rings (SSSR count). The molecule has 0 saturated heterocycles. The first-order valence-electron chi connectivity index (χ1n) is 11.7. The molecule has 3 amide bonds. The fraction of sp³-hybridized carbons (Fsp3) is 0.500. The number of aliphatic hydroxyl groups excluding tert-OH is 1. The monoisotopic (exact) mass is 538 g/mol. The van der Waals surface area contributed by atoms with Crippen molar-refractivity contribution in [1.29, 1.82) is 0 Å². The Kier molecular flexibility index (Phi) is 8.85. The van der Waals surface area contributed by atoms with Gasteiger partial charge in [0.2, 0.25) is 0 Å². The number of carbonyl (C=O) groups is 2. The molecule has 3 N–H and O–H groups in total. The van der Waals surface area contributed by atoms with Crippen LogP contribution in [0.15, 0.2) is 39.9 Å². The molecule has 0 spiro atoms. The lowest BCUT2D eigenvalue weighted by Crippen LogP contribution is -2.51. The second-order valence-electron chi connectivity index (χ2n) is 9.36. The van der Waals surface area contributed by atoms with Gasteiger partial charge < -0.3 is 25.0 Å². The van der Waals surface area contributed by atoms with Crippen LogP contribution < -0.4 is 14.8 Å². The summed E-state index contributed by atoms with van der Waals surface area (Å²) >= 11 is 1.09. The van der Waals surface area contributed by atoms with E-state index >= 15 is 0 Å². The second kappa shape index (κ2) is 11.5. The number of urea groups is 1. The van der Waals surface area contributed by atoms with Gasteiger partial charge in [-0.25, -0.2) is 13.2 Å². The van der Waals surface area contributed by atoms with Gasteiger partial charge in [0.15, 0.2) is 0 Å². The summed E-state index contributed by atoms with van der Waals surface area (Å²) in [5.41, 5.74) is 0.391. The van der Waals surface area contributed by atoms with E-state index in [0.717, 1.165) is 11.3 Å². The number of thiophene rings is 1. The van der Waals surface area contributed by atoms with Crippen LogP contribution in [-0.4, -0.2) is 80.2 Å². The van der Waals surface area contributed by atoms with Crippen LogP contribution in [-0.2, 0) is 10.0 Å². The fourth-order valence-corrected chi connectivity index (χ4v) is 5.88. The number of amides is 3. The van der Waals surface area contributed by atoms with E-state index < -0.39 is 22.2 Å². The van der Waals surface area contributed by atoms with Gasteiger partial charge in [0.1, 0.15) is 16.1 Å². The van der Waals surface area contributed by atoms with Crippen LogP contribution in [0.1, 0.15) is 38.1 Å². The standard InChI is InChI=1S/C24H34N4O6S2/c1-15(2)25-24(31)27(5)13-21-16(3)12-28(17(4)14-29)23(30)19-11-18(8-9-20(19)34-21)26-36(32,33)22-7-6-10-35-22/h6-11,15-17,21,26,29H,12-14H2,1-5H3,(H,25,31)/t16-,17-,21-/m1/s1. The van der Waals surface area contributed by atoms with Crippen molar-refractivity contribution in [3.05, 3.63) is 41.3 Å². The zero-order valence-corrected chi connectivity index (χ0v) is 22.7. The number of fused-ring (bicyclic) bond motifs is 1. The Morgan fingerprint density at radius 2 is 2.03 bits per heavy atom. The molecule has 10 nitrogen and oxygen atoms in total. The number of hydrogen-bond donors (Lipinski definition) is 3. The molecule has 36 heavy (non-hydrogen) atoms. The number of anilines is 1. The van der Waals surface area contributed by atoms with Crippen molar-refractivity contribution in [3.8, 4) is 5.75 Å². The normalized spacial score (nSPS) is 19.1. The quantitative estimate of drug-likeness (QED) is 0.474. The highest BCUT2D eigenvalue weighted by atomic mass is 32.2. The third kappa shape index (κ3) is 6.48. The third-order valence-corrected chi connectivity index (χ3v) is 8.67. The smallest absolute Gasteiger partial charge is 0.317 e. The molecule has 1 aromatic carbocycles. The Bertz CT molecular complexity index is 1170. The number of nitrogens with one attached hydrogen (secondary N) is 2. The molecule has 198 valence electrons. The molecule has 1 aliphatic rings. The van der Waals surface area contributed by atoms with E-state index in [-0.39, 0.29) is 64.8 Å². The number of benzene rings is 1. The van der Waals surface area contributed by atoms with E-state index in [2.05, 4.69) is 10.0 Å². The maximum atomic E-state index is 13.5. The summed E-state index contributed by atoms with van der Waals surface area (Å²) in [6.07, 6.45) is -0.457. The Morgan fingerprint density at radius 1 is 1.31 bits per heavy atom. The van der Waals surface area contributed by atoms with Crippen molar-refractivity contribution in [2.75, 3.05) is 31.5 Å². The van der Waals surface area contributed by atoms with Crippen LogP contribution in [0.4, 0.5) is 10.5 Å². The van der Waals surface area contributed by atoms with E-state index in [9.17, 15) is 23.1 Å². The molecule has 12 heteroatoms. The number of carbonyl (C=O) groups excluding carboxylic acids is 2. The lowest BCUT2D eigenvalue weighted by molar-refractivity contribution is 0.0366. The van der Waals surface area contributed by atoms with Crippen LogP contribution in [0.3, 0.4) is 0 Å². The first kappa shape index (κ1) is 27.8.